The normalized spacial score (nSPS) is 18.2. The number of benzene rings is 1. The summed E-state index contributed by atoms with van der Waals surface area (Å²) < 4.78 is 0. The van der Waals surface area contributed by atoms with Crippen LogP contribution in [0.3, 0.4) is 0 Å². The smallest absolute Gasteiger partial charge is 0.0659 e. The average molecular weight is 759 g/mol. The van der Waals surface area contributed by atoms with Gasteiger partial charge in [-0.2, -0.15) is 5.26 Å². The third-order valence-electron chi connectivity index (χ3n) is 10.1. The van der Waals surface area contributed by atoms with Crippen molar-refractivity contribution < 1.29 is 0 Å². The number of nitrogens with zero attached hydrogens (tertiary/aromatic N) is 1. The molecular formula is C53H94N2. The van der Waals surface area contributed by atoms with E-state index in [4.69, 9.17) is 0 Å². The highest BCUT2D eigenvalue weighted by molar-refractivity contribution is 5.28. The highest BCUT2D eigenvalue weighted by Crippen LogP contribution is 2.43. The van der Waals surface area contributed by atoms with Crippen molar-refractivity contribution in [3.63, 3.8) is 0 Å². The van der Waals surface area contributed by atoms with Crippen molar-refractivity contribution in [1.82, 2.24) is 0 Å². The maximum Gasteiger partial charge on any atom is 0.0659 e. The molecule has 2 aliphatic rings. The number of rotatable bonds is 14. The monoisotopic (exact) mass is 759 g/mol. The fraction of sp³-hybridized carbons (Fsp3) is 0.642. The van der Waals surface area contributed by atoms with Crippen molar-refractivity contribution in [3.8, 4) is 6.07 Å². The van der Waals surface area contributed by atoms with Crippen molar-refractivity contribution in [2.45, 2.75) is 187 Å². The number of nitrogens with two attached hydrogens (primary N) is 1. The molecule has 2 nitrogen and oxygen atoms in total. The topological polar surface area (TPSA) is 49.8 Å². The molecule has 316 valence electrons. The van der Waals surface area contributed by atoms with E-state index < -0.39 is 0 Å². The summed E-state index contributed by atoms with van der Waals surface area (Å²) in [6, 6.07) is 11.5. The second kappa shape index (κ2) is 40.8. The highest BCUT2D eigenvalue weighted by atomic mass is 14.4. The SMILES string of the molecule is C=CC[C@@H]1CC(/C(=C/C(=C)CC)CCC)CC1C#N.CC.CC.CC(C)=C(C)C.CCC(c1ccc(C)cc1)C1C=CC=CC1.CCCCCC(C)C.CN. The molecule has 0 heterocycles. The van der Waals surface area contributed by atoms with Gasteiger partial charge >= 0.3 is 0 Å². The first-order chi connectivity index (χ1) is 26.4. The number of hydrogen-bond acceptors (Lipinski definition) is 2. The van der Waals surface area contributed by atoms with Gasteiger partial charge in [0.15, 0.2) is 0 Å². The van der Waals surface area contributed by atoms with Crippen LogP contribution < -0.4 is 5.73 Å². The Morgan fingerprint density at radius 2 is 1.47 bits per heavy atom. The molecule has 1 fully saturated rings. The lowest BCUT2D eigenvalue weighted by atomic mass is 9.80. The Morgan fingerprint density at radius 1 is 0.891 bits per heavy atom. The summed E-state index contributed by atoms with van der Waals surface area (Å²) >= 11 is 0. The Balaban J connectivity index is -0.000000324. The molecule has 4 unspecified atom stereocenters. The van der Waals surface area contributed by atoms with Crippen LogP contribution in [0.2, 0.25) is 0 Å². The summed E-state index contributed by atoms with van der Waals surface area (Å²) in [7, 11) is 1.50. The van der Waals surface area contributed by atoms with Crippen LogP contribution in [0.4, 0.5) is 0 Å². The zero-order valence-corrected chi connectivity index (χ0v) is 39.7. The molecule has 2 aliphatic carbocycles. The van der Waals surface area contributed by atoms with Crippen LogP contribution in [0, 0.1) is 47.8 Å². The summed E-state index contributed by atoms with van der Waals surface area (Å²) in [6.45, 7) is 40.0. The van der Waals surface area contributed by atoms with E-state index in [9.17, 15) is 5.26 Å². The van der Waals surface area contributed by atoms with Crippen molar-refractivity contribution in [2.75, 3.05) is 7.05 Å². The Morgan fingerprint density at radius 3 is 1.87 bits per heavy atom. The molecule has 0 saturated heterocycles. The predicted octanol–water partition coefficient (Wildman–Crippen LogP) is 17.3. The molecule has 0 aromatic heterocycles. The summed E-state index contributed by atoms with van der Waals surface area (Å²) in [5.41, 5.74) is 12.9. The Hall–Kier alpha value is -2.89. The van der Waals surface area contributed by atoms with Gasteiger partial charge in [-0.3, -0.25) is 0 Å². The van der Waals surface area contributed by atoms with Crippen molar-refractivity contribution in [2.24, 2.45) is 35.3 Å². The van der Waals surface area contributed by atoms with Gasteiger partial charge in [0.2, 0.25) is 0 Å². The molecule has 0 bridgehead atoms. The van der Waals surface area contributed by atoms with E-state index in [0.717, 1.165) is 38.0 Å². The minimum atomic E-state index is 0.207. The molecule has 0 amide bonds. The van der Waals surface area contributed by atoms with Crippen LogP contribution in [0.15, 0.2) is 96.2 Å². The van der Waals surface area contributed by atoms with Gasteiger partial charge in [-0.15, -0.1) is 6.58 Å². The van der Waals surface area contributed by atoms with Crippen LogP contribution in [0.1, 0.15) is 191 Å². The number of aryl methyl sites for hydroxylation is 1. The molecule has 55 heavy (non-hydrogen) atoms. The second-order valence-electron chi connectivity index (χ2n) is 15.2. The zero-order valence-electron chi connectivity index (χ0n) is 39.7. The lowest BCUT2D eigenvalue weighted by Crippen LogP contribution is -2.10. The highest BCUT2D eigenvalue weighted by Gasteiger charge is 2.34. The van der Waals surface area contributed by atoms with Gasteiger partial charge < -0.3 is 5.73 Å². The number of unbranched alkanes of at least 4 members (excludes halogenated alkanes) is 2. The zero-order chi connectivity index (χ0) is 43.2. The molecule has 0 aliphatic heterocycles. The van der Waals surface area contributed by atoms with Crippen molar-refractivity contribution in [3.05, 3.63) is 107 Å². The Kier molecular flexibility index (Phi) is 43.6. The predicted molar refractivity (Wildman–Crippen MR) is 255 cm³/mol. The standard InChI is InChI=1S/C18H27N.C16H20.C8H18.C6H12.2C2H6.CH5N/c1-5-8-15(10-14(4)7-3)17-11-16(9-6-2)18(12-17)13-19;1-3-16(14-7-5-4-6-8-14)15-11-9-13(2)10-12-15;1-4-5-6-7-8(2)3;1-5(2)6(3)4;3*1-2/h6,10,16-18H,2,4-5,7-9,11-12H2,1,3H3;4-7,9-12,14,16H,3,8H2,1-2H3;8H,4-7H2,1-3H3;1-4H3;2*1-2H3;2H2,1H3/b15-10+;;;;;;/t16-,17?,18?;;;;;;/m1....../s1. The molecular weight excluding hydrogens is 665 g/mol. The first-order valence-electron chi connectivity index (χ1n) is 22.4. The van der Waals surface area contributed by atoms with Gasteiger partial charge in [0.1, 0.15) is 0 Å². The quantitative estimate of drug-likeness (QED) is 0.117. The van der Waals surface area contributed by atoms with Gasteiger partial charge in [-0.25, -0.2) is 0 Å². The van der Waals surface area contributed by atoms with E-state index in [1.807, 2.05) is 33.8 Å². The molecule has 0 spiro atoms. The number of hydrogen-bond donors (Lipinski definition) is 1. The first kappa shape index (κ1) is 58.8. The maximum absolute atomic E-state index is 9.30. The van der Waals surface area contributed by atoms with Crippen LogP contribution in [0.25, 0.3) is 0 Å². The van der Waals surface area contributed by atoms with Gasteiger partial charge in [-0.05, 0) is 122 Å². The summed E-state index contributed by atoms with van der Waals surface area (Å²) in [4.78, 5) is 0. The van der Waals surface area contributed by atoms with Gasteiger partial charge in [0.05, 0.1) is 12.0 Å². The fourth-order valence-electron chi connectivity index (χ4n) is 6.41. The molecule has 0 radical (unpaired) electrons. The number of nitriles is 1. The number of allylic oxidation sites excluding steroid dienone is 10. The third kappa shape index (κ3) is 30.0. The van der Waals surface area contributed by atoms with E-state index in [0.29, 0.717) is 23.7 Å². The third-order valence-corrected chi connectivity index (χ3v) is 10.1. The van der Waals surface area contributed by atoms with Crippen molar-refractivity contribution in [1.29, 1.82) is 5.26 Å². The average Bonchev–Trinajstić information content (AvgIpc) is 3.62. The molecule has 5 atom stereocenters. The molecule has 1 aromatic rings. The van der Waals surface area contributed by atoms with Crippen molar-refractivity contribution >= 4 is 0 Å². The van der Waals surface area contributed by atoms with E-state index in [2.05, 4.69) is 156 Å². The fourth-order valence-corrected chi connectivity index (χ4v) is 6.41. The Labute approximate surface area is 346 Å². The van der Waals surface area contributed by atoms with E-state index >= 15 is 0 Å². The van der Waals surface area contributed by atoms with Crippen LogP contribution in [-0.4, -0.2) is 7.05 Å². The lowest BCUT2D eigenvalue weighted by Gasteiger charge is -2.24. The van der Waals surface area contributed by atoms with Crippen LogP contribution >= 0.6 is 0 Å². The molecule has 1 saturated carbocycles. The minimum Gasteiger partial charge on any atom is -0.333 e. The summed E-state index contributed by atoms with van der Waals surface area (Å²) in [6.07, 6.45) is 27.7. The first-order valence-corrected chi connectivity index (χ1v) is 22.4. The van der Waals surface area contributed by atoms with Gasteiger partial charge in [0.25, 0.3) is 0 Å². The largest absolute Gasteiger partial charge is 0.333 e. The Bertz CT molecular complexity index is 1180. The lowest BCUT2D eigenvalue weighted by molar-refractivity contribution is 0.470. The van der Waals surface area contributed by atoms with Gasteiger partial charge in [0, 0.05) is 0 Å². The van der Waals surface area contributed by atoms with E-state index in [1.54, 1.807) is 0 Å². The molecule has 3 rings (SSSR count). The van der Waals surface area contributed by atoms with E-state index in [-0.39, 0.29) is 5.92 Å². The van der Waals surface area contributed by atoms with E-state index in [1.165, 1.54) is 85.4 Å². The van der Waals surface area contributed by atoms with Crippen LogP contribution in [0.5, 0.6) is 0 Å². The van der Waals surface area contributed by atoms with Crippen LogP contribution in [-0.2, 0) is 0 Å². The summed E-state index contributed by atoms with van der Waals surface area (Å²) in [5.74, 6) is 3.54. The minimum absolute atomic E-state index is 0.207. The molecule has 1 aromatic carbocycles. The molecule has 2 heteroatoms. The second-order valence-corrected chi connectivity index (χ2v) is 15.2. The summed E-state index contributed by atoms with van der Waals surface area (Å²) in [5, 5.41) is 9.30. The van der Waals surface area contributed by atoms with Gasteiger partial charge in [-0.1, -0.05) is 196 Å². The molecule has 2 N–H and O–H groups in total. The maximum atomic E-state index is 9.30.